The van der Waals surface area contributed by atoms with Crippen molar-refractivity contribution in [2.45, 2.75) is 32.6 Å². The molecule has 2 aromatic rings. The van der Waals surface area contributed by atoms with Crippen LogP contribution in [0.1, 0.15) is 48.7 Å². The summed E-state index contributed by atoms with van der Waals surface area (Å²) in [6.07, 6.45) is 2.15. The summed E-state index contributed by atoms with van der Waals surface area (Å²) in [7, 11) is 3.05. The van der Waals surface area contributed by atoms with Crippen molar-refractivity contribution in [3.05, 3.63) is 70.6 Å². The van der Waals surface area contributed by atoms with Crippen molar-refractivity contribution in [3.63, 3.8) is 0 Å². The van der Waals surface area contributed by atoms with Gasteiger partial charge in [0.05, 0.1) is 43.7 Å². The second-order valence-corrected chi connectivity index (χ2v) is 9.01. The third-order valence-electron chi connectivity index (χ3n) is 6.08. The lowest BCUT2D eigenvalue weighted by Gasteiger charge is -2.43. The maximum Gasteiger partial charge on any atom is 0.305 e. The molecule has 1 atom stereocenters. The predicted molar refractivity (Wildman–Crippen MR) is 122 cm³/mol. The first-order valence-electron chi connectivity index (χ1n) is 10.7. The minimum atomic E-state index is -0.708. The van der Waals surface area contributed by atoms with Crippen LogP contribution < -0.4 is 20.6 Å². The van der Waals surface area contributed by atoms with Crippen LogP contribution in [0.4, 0.5) is 0 Å². The van der Waals surface area contributed by atoms with E-state index >= 15 is 0 Å². The number of amides is 1. The first-order valence-corrected chi connectivity index (χ1v) is 10.7. The van der Waals surface area contributed by atoms with Crippen LogP contribution in [-0.2, 0) is 4.79 Å². The number of rotatable bonds is 5. The molecule has 0 fully saturated rings. The van der Waals surface area contributed by atoms with Crippen LogP contribution in [0.5, 0.6) is 11.5 Å². The SMILES string of the molecule is COc1ccc(C2C(C#N)=C(N)N(NC(=O)c3ccco3)C3=C2C(=O)CC(C)(C)C3)cc1OC. The molecule has 2 heterocycles. The lowest BCUT2D eigenvalue weighted by atomic mass is 9.69. The van der Waals surface area contributed by atoms with E-state index in [0.29, 0.717) is 41.2 Å². The summed E-state index contributed by atoms with van der Waals surface area (Å²) in [5.41, 5.74) is 10.6. The number of nitrogens with two attached hydrogens (primary N) is 1. The molecule has 0 saturated carbocycles. The van der Waals surface area contributed by atoms with Gasteiger partial charge in [0.1, 0.15) is 5.82 Å². The molecule has 1 aliphatic carbocycles. The molecule has 9 nitrogen and oxygen atoms in total. The van der Waals surface area contributed by atoms with Crippen molar-refractivity contribution in [3.8, 4) is 17.6 Å². The molecule has 9 heteroatoms. The fraction of sp³-hybridized carbons (Fsp3) is 0.320. The van der Waals surface area contributed by atoms with Crippen molar-refractivity contribution in [1.82, 2.24) is 10.4 Å². The average Bonchev–Trinajstić information content (AvgIpc) is 3.34. The summed E-state index contributed by atoms with van der Waals surface area (Å²) in [5.74, 6) is -0.241. The third kappa shape index (κ3) is 3.88. The topological polar surface area (TPSA) is 131 Å². The summed E-state index contributed by atoms with van der Waals surface area (Å²) in [6.45, 7) is 3.96. The number of Topliss-reactive ketones (excluding diaryl/α,β-unsaturated/α-hetero) is 1. The molecule has 176 valence electrons. The second-order valence-electron chi connectivity index (χ2n) is 9.01. The number of hydrogen-bond donors (Lipinski definition) is 2. The molecule has 4 rings (SSSR count). The first-order chi connectivity index (χ1) is 16.2. The van der Waals surface area contributed by atoms with Gasteiger partial charge in [-0.25, -0.2) is 5.01 Å². The number of carbonyl (C=O) groups excluding carboxylic acids is 2. The van der Waals surface area contributed by atoms with Gasteiger partial charge in [0.15, 0.2) is 23.0 Å². The quantitative estimate of drug-likeness (QED) is 0.691. The van der Waals surface area contributed by atoms with Crippen LogP contribution >= 0.6 is 0 Å². The van der Waals surface area contributed by atoms with E-state index in [1.54, 1.807) is 24.3 Å². The van der Waals surface area contributed by atoms with Gasteiger partial charge in [-0.15, -0.1) is 0 Å². The van der Waals surface area contributed by atoms with E-state index in [1.165, 1.54) is 31.6 Å². The largest absolute Gasteiger partial charge is 0.493 e. The lowest BCUT2D eigenvalue weighted by Crippen LogP contribution is -2.49. The molecule has 1 unspecified atom stereocenters. The molecule has 0 bridgehead atoms. The summed E-state index contributed by atoms with van der Waals surface area (Å²) in [5, 5.41) is 11.5. The number of nitrogens with one attached hydrogen (secondary N) is 1. The van der Waals surface area contributed by atoms with Gasteiger partial charge in [0.2, 0.25) is 0 Å². The normalized spacial score (nSPS) is 19.4. The summed E-state index contributed by atoms with van der Waals surface area (Å²) >= 11 is 0. The van der Waals surface area contributed by atoms with Gasteiger partial charge in [-0.2, -0.15) is 5.26 Å². The summed E-state index contributed by atoms with van der Waals surface area (Å²) in [6, 6.07) is 10.5. The second kappa shape index (κ2) is 8.63. The van der Waals surface area contributed by atoms with Gasteiger partial charge < -0.3 is 19.6 Å². The lowest BCUT2D eigenvalue weighted by molar-refractivity contribution is -0.118. The number of allylic oxidation sites excluding steroid dienone is 3. The highest BCUT2D eigenvalue weighted by atomic mass is 16.5. The smallest absolute Gasteiger partial charge is 0.305 e. The summed E-state index contributed by atoms with van der Waals surface area (Å²) in [4.78, 5) is 26.3. The zero-order chi connectivity index (χ0) is 24.6. The van der Waals surface area contributed by atoms with E-state index < -0.39 is 11.8 Å². The molecule has 1 aliphatic heterocycles. The minimum Gasteiger partial charge on any atom is -0.493 e. The average molecular weight is 463 g/mol. The van der Waals surface area contributed by atoms with E-state index in [9.17, 15) is 14.9 Å². The van der Waals surface area contributed by atoms with Crippen molar-refractivity contribution in [2.75, 3.05) is 14.2 Å². The van der Waals surface area contributed by atoms with Crippen LogP contribution in [0.2, 0.25) is 0 Å². The Morgan fingerprint density at radius 2 is 1.97 bits per heavy atom. The van der Waals surface area contributed by atoms with Gasteiger partial charge in [0, 0.05) is 12.0 Å². The fourth-order valence-electron chi connectivity index (χ4n) is 4.57. The Hall–Kier alpha value is -4.19. The number of hydrazine groups is 1. The highest BCUT2D eigenvalue weighted by Crippen LogP contribution is 2.49. The van der Waals surface area contributed by atoms with Gasteiger partial charge in [0.25, 0.3) is 0 Å². The van der Waals surface area contributed by atoms with Gasteiger partial charge in [-0.3, -0.25) is 15.0 Å². The Bertz CT molecular complexity index is 1250. The molecule has 1 amide bonds. The molecular formula is C25H26N4O5. The van der Waals surface area contributed by atoms with E-state index in [2.05, 4.69) is 11.5 Å². The number of ether oxygens (including phenoxy) is 2. The van der Waals surface area contributed by atoms with Crippen molar-refractivity contribution in [1.29, 1.82) is 5.26 Å². The minimum absolute atomic E-state index is 0.0476. The molecular weight excluding hydrogens is 436 g/mol. The molecule has 1 aromatic carbocycles. The Kier molecular flexibility index (Phi) is 5.83. The third-order valence-corrected chi connectivity index (χ3v) is 6.08. The maximum absolute atomic E-state index is 13.5. The molecule has 34 heavy (non-hydrogen) atoms. The van der Waals surface area contributed by atoms with E-state index in [4.69, 9.17) is 19.6 Å². The van der Waals surface area contributed by atoms with Crippen molar-refractivity contribution < 1.29 is 23.5 Å². The van der Waals surface area contributed by atoms with E-state index in [-0.39, 0.29) is 28.4 Å². The maximum atomic E-state index is 13.5. The van der Waals surface area contributed by atoms with Crippen LogP contribution in [-0.4, -0.2) is 30.9 Å². The Morgan fingerprint density at radius 1 is 1.24 bits per heavy atom. The molecule has 0 spiro atoms. The molecule has 2 aliphatic rings. The van der Waals surface area contributed by atoms with Crippen LogP contribution in [0, 0.1) is 16.7 Å². The van der Waals surface area contributed by atoms with Gasteiger partial charge in [-0.05, 0) is 41.7 Å². The van der Waals surface area contributed by atoms with Crippen molar-refractivity contribution >= 4 is 11.7 Å². The zero-order valence-electron chi connectivity index (χ0n) is 19.5. The first kappa shape index (κ1) is 23.0. The number of ketones is 1. The Labute approximate surface area is 197 Å². The molecule has 1 aromatic heterocycles. The highest BCUT2D eigenvalue weighted by Gasteiger charge is 2.45. The van der Waals surface area contributed by atoms with Crippen LogP contribution in [0.15, 0.2) is 63.7 Å². The van der Waals surface area contributed by atoms with Crippen LogP contribution in [0.25, 0.3) is 0 Å². The number of nitriles is 1. The number of furan rings is 1. The number of methoxy groups -OCH3 is 2. The number of nitrogens with zero attached hydrogens (tertiary/aromatic N) is 2. The van der Waals surface area contributed by atoms with Gasteiger partial charge in [-0.1, -0.05) is 19.9 Å². The number of hydrogen-bond acceptors (Lipinski definition) is 8. The molecule has 0 saturated heterocycles. The monoisotopic (exact) mass is 462 g/mol. The van der Waals surface area contributed by atoms with E-state index in [1.807, 2.05) is 13.8 Å². The molecule has 3 N–H and O–H groups in total. The predicted octanol–water partition coefficient (Wildman–Crippen LogP) is 3.38. The number of carbonyl (C=O) groups is 2. The zero-order valence-corrected chi connectivity index (χ0v) is 19.5. The fourth-order valence-corrected chi connectivity index (χ4v) is 4.57. The van der Waals surface area contributed by atoms with E-state index in [0.717, 1.165) is 0 Å². The Balaban J connectivity index is 1.89. The van der Waals surface area contributed by atoms with Crippen molar-refractivity contribution in [2.24, 2.45) is 11.1 Å². The molecule has 0 radical (unpaired) electrons. The van der Waals surface area contributed by atoms with Gasteiger partial charge >= 0.3 is 5.91 Å². The standard InChI is InChI=1S/C25H26N4O5/c1-25(2)11-16-22(17(30)12-25)21(14-7-8-18(32-3)20(10-14)33-4)15(13-26)23(27)29(16)28-24(31)19-6-5-9-34-19/h5-10,21H,11-12,27H2,1-4H3,(H,28,31). The Morgan fingerprint density at radius 3 is 2.59 bits per heavy atom. The van der Waals surface area contributed by atoms with Crippen LogP contribution in [0.3, 0.4) is 0 Å². The summed E-state index contributed by atoms with van der Waals surface area (Å²) < 4.78 is 16.0. The highest BCUT2D eigenvalue weighted by molar-refractivity contribution is 6.00. The number of benzene rings is 1.